The normalized spacial score (nSPS) is 10.8. The van der Waals surface area contributed by atoms with Crippen molar-refractivity contribution in [2.45, 2.75) is 26.2 Å². The SMILES string of the molecule is CCCc1nc(Cc2ccc(Cl)cc2Cl)nc(Cl)c1Br. The molecule has 0 bridgehead atoms. The fourth-order valence-electron chi connectivity index (χ4n) is 1.83. The predicted octanol–water partition coefficient (Wildman–Crippen LogP) is 5.74. The topological polar surface area (TPSA) is 25.8 Å². The van der Waals surface area contributed by atoms with Crippen LogP contribution in [0.2, 0.25) is 15.2 Å². The van der Waals surface area contributed by atoms with Gasteiger partial charge in [0.05, 0.1) is 10.2 Å². The largest absolute Gasteiger partial charge is 0.236 e. The Morgan fingerprint density at radius 2 is 1.90 bits per heavy atom. The Kier molecular flexibility index (Phi) is 5.67. The molecule has 6 heteroatoms. The fraction of sp³-hybridized carbons (Fsp3) is 0.286. The molecule has 0 fully saturated rings. The third kappa shape index (κ3) is 3.85. The van der Waals surface area contributed by atoms with E-state index < -0.39 is 0 Å². The van der Waals surface area contributed by atoms with Crippen molar-refractivity contribution in [1.29, 1.82) is 0 Å². The van der Waals surface area contributed by atoms with Crippen LogP contribution >= 0.6 is 50.7 Å². The summed E-state index contributed by atoms with van der Waals surface area (Å²) >= 11 is 21.6. The molecule has 0 aliphatic heterocycles. The maximum atomic E-state index is 6.17. The van der Waals surface area contributed by atoms with Crippen LogP contribution in [-0.2, 0) is 12.8 Å². The van der Waals surface area contributed by atoms with Gasteiger partial charge < -0.3 is 0 Å². The molecule has 2 aromatic rings. The van der Waals surface area contributed by atoms with Gasteiger partial charge in [-0.05, 0) is 40.0 Å². The Hall–Kier alpha value is -0.350. The van der Waals surface area contributed by atoms with Gasteiger partial charge in [-0.2, -0.15) is 0 Å². The highest BCUT2D eigenvalue weighted by molar-refractivity contribution is 9.10. The lowest BCUT2D eigenvalue weighted by atomic mass is 10.1. The van der Waals surface area contributed by atoms with Crippen LogP contribution in [-0.4, -0.2) is 9.97 Å². The highest BCUT2D eigenvalue weighted by Crippen LogP contribution is 2.27. The molecule has 0 aliphatic rings. The molecule has 2 rings (SSSR count). The number of rotatable bonds is 4. The van der Waals surface area contributed by atoms with Gasteiger partial charge in [0.15, 0.2) is 0 Å². The monoisotopic (exact) mass is 392 g/mol. The highest BCUT2D eigenvalue weighted by atomic mass is 79.9. The fourth-order valence-corrected chi connectivity index (χ4v) is 2.89. The molecule has 0 saturated heterocycles. The molecule has 0 aliphatic carbocycles. The summed E-state index contributed by atoms with van der Waals surface area (Å²) in [4.78, 5) is 8.84. The zero-order valence-electron chi connectivity index (χ0n) is 10.8. The molecule has 0 spiro atoms. The van der Waals surface area contributed by atoms with Crippen molar-refractivity contribution in [2.75, 3.05) is 0 Å². The molecule has 1 heterocycles. The molecule has 0 radical (unpaired) electrons. The van der Waals surface area contributed by atoms with Crippen LogP contribution in [0.25, 0.3) is 0 Å². The second-order valence-electron chi connectivity index (χ2n) is 4.35. The average Bonchev–Trinajstić information content (AvgIpc) is 2.39. The van der Waals surface area contributed by atoms with E-state index in [-0.39, 0.29) is 0 Å². The smallest absolute Gasteiger partial charge is 0.147 e. The van der Waals surface area contributed by atoms with Gasteiger partial charge in [-0.15, -0.1) is 0 Å². The second-order valence-corrected chi connectivity index (χ2v) is 6.35. The Morgan fingerprint density at radius 3 is 2.55 bits per heavy atom. The minimum Gasteiger partial charge on any atom is -0.236 e. The van der Waals surface area contributed by atoms with Crippen LogP contribution in [0.15, 0.2) is 22.7 Å². The summed E-state index contributed by atoms with van der Waals surface area (Å²) in [6, 6.07) is 5.39. The van der Waals surface area contributed by atoms with E-state index in [2.05, 4.69) is 32.8 Å². The van der Waals surface area contributed by atoms with Crippen molar-refractivity contribution in [2.24, 2.45) is 0 Å². The van der Waals surface area contributed by atoms with Crippen LogP contribution in [0.3, 0.4) is 0 Å². The van der Waals surface area contributed by atoms with E-state index in [1.54, 1.807) is 12.1 Å². The maximum absolute atomic E-state index is 6.17. The maximum Gasteiger partial charge on any atom is 0.147 e. The lowest BCUT2D eigenvalue weighted by molar-refractivity contribution is 0.834. The number of benzene rings is 1. The molecule has 0 saturated carbocycles. The van der Waals surface area contributed by atoms with Crippen LogP contribution in [0.4, 0.5) is 0 Å². The van der Waals surface area contributed by atoms with Crippen molar-refractivity contribution in [3.05, 3.63) is 55.0 Å². The van der Waals surface area contributed by atoms with Crippen molar-refractivity contribution in [3.63, 3.8) is 0 Å². The zero-order chi connectivity index (χ0) is 14.7. The van der Waals surface area contributed by atoms with E-state index >= 15 is 0 Å². The van der Waals surface area contributed by atoms with Gasteiger partial charge >= 0.3 is 0 Å². The van der Waals surface area contributed by atoms with E-state index in [0.717, 1.165) is 28.6 Å². The van der Waals surface area contributed by atoms with Crippen LogP contribution in [0.5, 0.6) is 0 Å². The second kappa shape index (κ2) is 7.08. The lowest BCUT2D eigenvalue weighted by Gasteiger charge is -2.08. The summed E-state index contributed by atoms with van der Waals surface area (Å²) in [6.07, 6.45) is 2.37. The zero-order valence-corrected chi connectivity index (χ0v) is 14.6. The summed E-state index contributed by atoms with van der Waals surface area (Å²) in [7, 11) is 0. The van der Waals surface area contributed by atoms with E-state index in [0.29, 0.717) is 27.4 Å². The quantitative estimate of drug-likeness (QED) is 0.618. The van der Waals surface area contributed by atoms with Gasteiger partial charge in [0.25, 0.3) is 0 Å². The summed E-state index contributed by atoms with van der Waals surface area (Å²) in [6.45, 7) is 2.10. The molecule has 0 amide bonds. The minimum absolute atomic E-state index is 0.434. The molecule has 0 atom stereocenters. The first-order chi connectivity index (χ1) is 9.51. The van der Waals surface area contributed by atoms with E-state index in [1.807, 2.05) is 6.07 Å². The van der Waals surface area contributed by atoms with Crippen molar-refractivity contribution in [3.8, 4) is 0 Å². The molecule has 20 heavy (non-hydrogen) atoms. The number of halogens is 4. The van der Waals surface area contributed by atoms with Gasteiger partial charge in [-0.25, -0.2) is 9.97 Å². The number of aromatic nitrogens is 2. The van der Waals surface area contributed by atoms with Crippen molar-refractivity contribution < 1.29 is 0 Å². The van der Waals surface area contributed by atoms with E-state index in [4.69, 9.17) is 34.8 Å². The summed E-state index contributed by atoms with van der Waals surface area (Å²) in [5.41, 5.74) is 1.85. The molecule has 1 aromatic heterocycles. The van der Waals surface area contributed by atoms with Gasteiger partial charge in [-0.3, -0.25) is 0 Å². The van der Waals surface area contributed by atoms with Gasteiger partial charge in [0, 0.05) is 16.5 Å². The Labute approximate surface area is 141 Å². The third-order valence-corrected chi connectivity index (χ3v) is 4.70. The van der Waals surface area contributed by atoms with Crippen LogP contribution < -0.4 is 0 Å². The number of hydrogen-bond donors (Lipinski definition) is 0. The average molecular weight is 395 g/mol. The lowest BCUT2D eigenvalue weighted by Crippen LogP contribution is -2.03. The number of hydrogen-bond acceptors (Lipinski definition) is 2. The first-order valence-corrected chi connectivity index (χ1v) is 8.08. The van der Waals surface area contributed by atoms with E-state index in [9.17, 15) is 0 Å². The van der Waals surface area contributed by atoms with Gasteiger partial charge in [-0.1, -0.05) is 54.2 Å². The standard InChI is InChI=1S/C14H12BrCl3N2/c1-2-3-11-13(15)14(18)20-12(19-11)6-8-4-5-9(16)7-10(8)17/h4-5,7H,2-3,6H2,1H3. The van der Waals surface area contributed by atoms with E-state index in [1.165, 1.54) is 0 Å². The molecule has 0 N–H and O–H groups in total. The third-order valence-electron chi connectivity index (χ3n) is 2.78. The summed E-state index contributed by atoms with van der Waals surface area (Å²) < 4.78 is 0.770. The molecule has 2 nitrogen and oxygen atoms in total. The first kappa shape index (κ1) is 16.0. The number of nitrogens with zero attached hydrogens (tertiary/aromatic N) is 2. The minimum atomic E-state index is 0.434. The van der Waals surface area contributed by atoms with Crippen molar-refractivity contribution >= 4 is 50.7 Å². The first-order valence-electron chi connectivity index (χ1n) is 6.16. The number of aryl methyl sites for hydroxylation is 1. The molecule has 1 aromatic carbocycles. The van der Waals surface area contributed by atoms with Gasteiger partial charge in [0.2, 0.25) is 0 Å². The Balaban J connectivity index is 2.33. The molecule has 0 unspecified atom stereocenters. The molecular weight excluding hydrogens is 382 g/mol. The molecular formula is C14H12BrCl3N2. The highest BCUT2D eigenvalue weighted by Gasteiger charge is 2.12. The summed E-state index contributed by atoms with van der Waals surface area (Å²) in [5, 5.41) is 1.65. The van der Waals surface area contributed by atoms with Crippen molar-refractivity contribution in [1.82, 2.24) is 9.97 Å². The van der Waals surface area contributed by atoms with Crippen LogP contribution in [0, 0.1) is 0 Å². The van der Waals surface area contributed by atoms with Crippen LogP contribution in [0.1, 0.15) is 30.4 Å². The Bertz CT molecular complexity index is 632. The summed E-state index contributed by atoms with van der Waals surface area (Å²) in [5.74, 6) is 0.658. The van der Waals surface area contributed by atoms with Gasteiger partial charge in [0.1, 0.15) is 11.0 Å². The Morgan fingerprint density at radius 1 is 1.15 bits per heavy atom. The molecule has 106 valence electrons. The predicted molar refractivity (Wildman–Crippen MR) is 88.0 cm³/mol.